The van der Waals surface area contributed by atoms with Crippen LogP contribution in [-0.2, 0) is 12.3 Å². The molecule has 2 nitrogen and oxygen atoms in total. The van der Waals surface area contributed by atoms with Crippen molar-refractivity contribution < 1.29 is 4.74 Å². The number of aryl methyl sites for hydroxylation is 1. The fourth-order valence-corrected chi connectivity index (χ4v) is 5.30. The molecule has 0 atom stereocenters. The second kappa shape index (κ2) is 8.87. The lowest BCUT2D eigenvalue weighted by atomic mass is 10.2. The predicted molar refractivity (Wildman–Crippen MR) is 99.6 cm³/mol. The maximum Gasteiger partial charge on any atom is 0.147 e. The highest BCUT2D eigenvalue weighted by Gasteiger charge is 2.08. The van der Waals surface area contributed by atoms with Gasteiger partial charge in [-0.1, -0.05) is 15.9 Å². The molecule has 0 radical (unpaired) electrons. The summed E-state index contributed by atoms with van der Waals surface area (Å²) in [6, 6.07) is 3.95. The number of hydrogen-bond acceptors (Lipinski definition) is 3. The maximum absolute atomic E-state index is 5.83. The van der Waals surface area contributed by atoms with E-state index in [0.29, 0.717) is 12.5 Å². The average Bonchev–Trinajstić information content (AvgIpc) is 2.88. The lowest BCUT2D eigenvalue weighted by Gasteiger charge is -2.10. The molecule has 7 heteroatoms. The van der Waals surface area contributed by atoms with Crippen molar-refractivity contribution in [2.24, 2.45) is 0 Å². The minimum Gasteiger partial charge on any atom is -0.491 e. The lowest BCUT2D eigenvalue weighted by Crippen LogP contribution is -2.00. The molecule has 114 valence electrons. The SMILES string of the molecule is ClCc1csc(CCCCOc2c(Br)cc(Br)cc2Br)n1. The molecule has 0 bridgehead atoms. The summed E-state index contributed by atoms with van der Waals surface area (Å²) in [5, 5.41) is 3.17. The number of hydrogen-bond donors (Lipinski definition) is 0. The van der Waals surface area contributed by atoms with E-state index in [1.165, 1.54) is 0 Å². The highest BCUT2D eigenvalue weighted by molar-refractivity contribution is 9.11. The van der Waals surface area contributed by atoms with Gasteiger partial charge in [0, 0.05) is 9.85 Å². The van der Waals surface area contributed by atoms with Gasteiger partial charge in [0.2, 0.25) is 0 Å². The fraction of sp³-hybridized carbons (Fsp3) is 0.357. The van der Waals surface area contributed by atoms with E-state index in [-0.39, 0.29) is 0 Å². The van der Waals surface area contributed by atoms with Crippen LogP contribution in [0.3, 0.4) is 0 Å². The number of alkyl halides is 1. The second-order valence-electron chi connectivity index (χ2n) is 4.37. The minimum absolute atomic E-state index is 0.491. The van der Waals surface area contributed by atoms with E-state index in [0.717, 1.165) is 49.1 Å². The van der Waals surface area contributed by atoms with Gasteiger partial charge >= 0.3 is 0 Å². The van der Waals surface area contributed by atoms with Crippen LogP contribution in [-0.4, -0.2) is 11.6 Å². The summed E-state index contributed by atoms with van der Waals surface area (Å²) < 4.78 is 8.72. The van der Waals surface area contributed by atoms with E-state index in [4.69, 9.17) is 16.3 Å². The number of unbranched alkanes of at least 4 members (excludes halogenated alkanes) is 1. The van der Waals surface area contributed by atoms with Crippen LogP contribution >= 0.6 is 70.7 Å². The van der Waals surface area contributed by atoms with E-state index in [1.54, 1.807) is 11.3 Å². The first-order valence-corrected chi connectivity index (χ1v) is 10.2. The Bertz CT molecular complexity index is 583. The number of ether oxygens (including phenoxy) is 1. The Morgan fingerprint density at radius 3 is 2.48 bits per heavy atom. The number of rotatable bonds is 7. The predicted octanol–water partition coefficient (Wildman–Crippen LogP) is 6.57. The molecular weight excluding hydrogens is 505 g/mol. The van der Waals surface area contributed by atoms with Crippen LogP contribution in [0.15, 0.2) is 30.9 Å². The first kappa shape index (κ1) is 17.7. The van der Waals surface area contributed by atoms with Gasteiger partial charge in [-0.05, 0) is 63.3 Å². The molecule has 0 aliphatic carbocycles. The normalized spacial score (nSPS) is 10.9. The minimum atomic E-state index is 0.491. The molecule has 0 fully saturated rings. The molecule has 2 aromatic rings. The molecule has 21 heavy (non-hydrogen) atoms. The first-order chi connectivity index (χ1) is 10.1. The van der Waals surface area contributed by atoms with Crippen LogP contribution in [0.25, 0.3) is 0 Å². The summed E-state index contributed by atoms with van der Waals surface area (Å²) >= 11 is 17.9. The lowest BCUT2D eigenvalue weighted by molar-refractivity contribution is 0.303. The zero-order valence-electron chi connectivity index (χ0n) is 11.0. The molecule has 0 N–H and O–H groups in total. The van der Waals surface area contributed by atoms with Crippen molar-refractivity contribution in [3.8, 4) is 5.75 Å². The third-order valence-electron chi connectivity index (χ3n) is 2.73. The van der Waals surface area contributed by atoms with Gasteiger partial charge in [-0.25, -0.2) is 4.98 Å². The van der Waals surface area contributed by atoms with Crippen LogP contribution in [0, 0.1) is 0 Å². The Labute approximate surface area is 158 Å². The summed E-state index contributed by atoms with van der Waals surface area (Å²) in [6.07, 6.45) is 3.03. The van der Waals surface area contributed by atoms with Crippen LogP contribution in [0.1, 0.15) is 23.5 Å². The Morgan fingerprint density at radius 2 is 1.86 bits per heavy atom. The van der Waals surface area contributed by atoms with E-state index in [1.807, 2.05) is 17.5 Å². The quantitative estimate of drug-likeness (QED) is 0.306. The first-order valence-electron chi connectivity index (χ1n) is 6.36. The summed E-state index contributed by atoms with van der Waals surface area (Å²) in [5.41, 5.74) is 0.968. The molecule has 0 amide bonds. The molecule has 0 spiro atoms. The Morgan fingerprint density at radius 1 is 1.14 bits per heavy atom. The number of nitrogens with zero attached hydrogens (tertiary/aromatic N) is 1. The van der Waals surface area contributed by atoms with Gasteiger partial charge < -0.3 is 4.74 Å². The van der Waals surface area contributed by atoms with Crippen molar-refractivity contribution in [1.82, 2.24) is 4.98 Å². The molecule has 2 rings (SSSR count). The third kappa shape index (κ3) is 5.50. The Kier molecular flexibility index (Phi) is 7.49. The monoisotopic (exact) mass is 515 g/mol. The van der Waals surface area contributed by atoms with E-state index in [2.05, 4.69) is 52.8 Å². The maximum atomic E-state index is 5.83. The molecule has 1 aromatic carbocycles. The van der Waals surface area contributed by atoms with E-state index < -0.39 is 0 Å². The highest BCUT2D eigenvalue weighted by Crippen LogP contribution is 2.36. The molecule has 0 saturated heterocycles. The van der Waals surface area contributed by atoms with Crippen molar-refractivity contribution in [1.29, 1.82) is 0 Å². The standard InChI is InChI=1S/C14H13Br3ClNOS/c15-9-5-11(16)14(12(17)6-9)20-4-2-1-3-13-19-10(7-18)8-21-13/h5-6,8H,1-4,7H2. The summed E-state index contributed by atoms with van der Waals surface area (Å²) in [6.45, 7) is 0.687. The largest absolute Gasteiger partial charge is 0.491 e. The topological polar surface area (TPSA) is 22.1 Å². The van der Waals surface area contributed by atoms with Crippen molar-refractivity contribution >= 4 is 70.7 Å². The van der Waals surface area contributed by atoms with Gasteiger partial charge in [-0.2, -0.15) is 0 Å². The van der Waals surface area contributed by atoms with Gasteiger partial charge in [0.1, 0.15) is 5.75 Å². The molecule has 0 saturated carbocycles. The Hall–Kier alpha value is 0.380. The Balaban J connectivity index is 1.75. The second-order valence-corrected chi connectivity index (χ2v) is 8.20. The fourth-order valence-electron chi connectivity index (χ4n) is 1.74. The van der Waals surface area contributed by atoms with Crippen LogP contribution in [0.2, 0.25) is 0 Å². The molecule has 0 unspecified atom stereocenters. The molecule has 0 aliphatic rings. The summed E-state index contributed by atoms with van der Waals surface area (Å²) in [5.74, 6) is 1.34. The summed E-state index contributed by atoms with van der Waals surface area (Å²) in [4.78, 5) is 4.45. The van der Waals surface area contributed by atoms with Gasteiger partial charge in [-0.3, -0.25) is 0 Å². The molecule has 0 aliphatic heterocycles. The van der Waals surface area contributed by atoms with Crippen LogP contribution in [0.5, 0.6) is 5.75 Å². The zero-order chi connectivity index (χ0) is 15.2. The van der Waals surface area contributed by atoms with Crippen molar-refractivity contribution in [3.63, 3.8) is 0 Å². The van der Waals surface area contributed by atoms with Crippen molar-refractivity contribution in [2.45, 2.75) is 25.1 Å². The number of halogens is 4. The summed E-state index contributed by atoms with van der Waals surface area (Å²) in [7, 11) is 0. The van der Waals surface area contributed by atoms with Gasteiger partial charge in [0.15, 0.2) is 0 Å². The van der Waals surface area contributed by atoms with E-state index in [9.17, 15) is 0 Å². The third-order valence-corrected chi connectivity index (χ3v) is 5.60. The van der Waals surface area contributed by atoms with Crippen LogP contribution in [0.4, 0.5) is 0 Å². The van der Waals surface area contributed by atoms with Crippen molar-refractivity contribution in [3.05, 3.63) is 41.6 Å². The van der Waals surface area contributed by atoms with E-state index >= 15 is 0 Å². The number of thiazole rings is 1. The zero-order valence-corrected chi connectivity index (χ0v) is 17.4. The number of aromatic nitrogens is 1. The van der Waals surface area contributed by atoms with Gasteiger partial charge in [-0.15, -0.1) is 22.9 Å². The van der Waals surface area contributed by atoms with Crippen molar-refractivity contribution in [2.75, 3.05) is 6.61 Å². The number of benzene rings is 1. The van der Waals surface area contributed by atoms with Gasteiger partial charge in [0.25, 0.3) is 0 Å². The average molecular weight is 518 g/mol. The highest BCUT2D eigenvalue weighted by atomic mass is 79.9. The van der Waals surface area contributed by atoms with Gasteiger partial charge in [0.05, 0.1) is 32.1 Å². The smallest absolute Gasteiger partial charge is 0.147 e. The van der Waals surface area contributed by atoms with Crippen LogP contribution < -0.4 is 4.74 Å². The molecular formula is C14H13Br3ClNOS. The molecule has 1 heterocycles. The molecule has 1 aromatic heterocycles.